The predicted molar refractivity (Wildman–Crippen MR) is 85.3 cm³/mol. The van der Waals surface area contributed by atoms with Gasteiger partial charge in [-0.05, 0) is 37.5 Å². The van der Waals surface area contributed by atoms with Gasteiger partial charge in [-0.1, -0.05) is 18.2 Å². The molecule has 0 spiro atoms. The highest BCUT2D eigenvalue weighted by Crippen LogP contribution is 2.13. The number of hydrogen-bond acceptors (Lipinski definition) is 4. The Morgan fingerprint density at radius 3 is 3.00 bits per heavy atom. The lowest BCUT2D eigenvalue weighted by atomic mass is 10.1. The van der Waals surface area contributed by atoms with Gasteiger partial charge in [0.25, 0.3) is 5.91 Å². The number of rotatable bonds is 6. The van der Waals surface area contributed by atoms with E-state index in [2.05, 4.69) is 15.5 Å². The molecule has 0 bridgehead atoms. The molecule has 23 heavy (non-hydrogen) atoms. The van der Waals surface area contributed by atoms with Crippen LogP contribution in [0.2, 0.25) is 0 Å². The van der Waals surface area contributed by atoms with Gasteiger partial charge in [0.1, 0.15) is 18.1 Å². The number of ether oxygens (including phenoxy) is 2. The summed E-state index contributed by atoms with van der Waals surface area (Å²) in [6.07, 6.45) is 3.38. The van der Waals surface area contributed by atoms with Crippen LogP contribution in [0.4, 0.5) is 0 Å². The minimum absolute atomic E-state index is 0.118. The molecule has 1 atom stereocenters. The quantitative estimate of drug-likeness (QED) is 0.857. The van der Waals surface area contributed by atoms with E-state index in [1.165, 1.54) is 0 Å². The van der Waals surface area contributed by atoms with Gasteiger partial charge in [-0.15, -0.1) is 0 Å². The van der Waals surface area contributed by atoms with Crippen LogP contribution in [0.3, 0.4) is 0 Å². The van der Waals surface area contributed by atoms with Crippen LogP contribution in [-0.4, -0.2) is 35.4 Å². The first-order valence-corrected chi connectivity index (χ1v) is 7.93. The third-order valence-electron chi connectivity index (χ3n) is 3.77. The van der Waals surface area contributed by atoms with E-state index in [0.717, 1.165) is 37.3 Å². The summed E-state index contributed by atoms with van der Waals surface area (Å²) in [5.41, 5.74) is 1.13. The highest BCUT2D eigenvalue weighted by molar-refractivity contribution is 5.92. The van der Waals surface area contributed by atoms with Gasteiger partial charge in [-0.2, -0.15) is 5.10 Å². The van der Waals surface area contributed by atoms with Crippen LogP contribution in [0, 0.1) is 0 Å². The number of aromatic nitrogens is 2. The first kappa shape index (κ1) is 15.6. The van der Waals surface area contributed by atoms with Crippen LogP contribution in [-0.2, 0) is 11.3 Å². The molecular weight excluding hydrogens is 294 g/mol. The first-order valence-electron chi connectivity index (χ1n) is 7.93. The standard InChI is InChI=1S/C17H21N3O3/c21-17(18-11-15-8-4-5-9-22-15)16-10-13(19-20-16)12-23-14-6-2-1-3-7-14/h1-3,6-7,10,15H,4-5,8-9,11-12H2,(H,18,21)(H,19,20)/t15-/m1/s1. The molecule has 2 aromatic rings. The number of aromatic amines is 1. The summed E-state index contributed by atoms with van der Waals surface area (Å²) in [6.45, 7) is 1.65. The van der Waals surface area contributed by atoms with E-state index < -0.39 is 0 Å². The van der Waals surface area contributed by atoms with Crippen LogP contribution < -0.4 is 10.1 Å². The number of benzene rings is 1. The lowest BCUT2D eigenvalue weighted by Gasteiger charge is -2.22. The summed E-state index contributed by atoms with van der Waals surface area (Å²) in [4.78, 5) is 12.1. The maximum atomic E-state index is 12.1. The molecule has 0 radical (unpaired) electrons. The van der Waals surface area contributed by atoms with Crippen molar-refractivity contribution in [3.05, 3.63) is 47.8 Å². The van der Waals surface area contributed by atoms with Gasteiger partial charge in [0, 0.05) is 13.2 Å². The number of amides is 1. The molecule has 2 heterocycles. The van der Waals surface area contributed by atoms with Gasteiger partial charge < -0.3 is 14.8 Å². The zero-order valence-electron chi connectivity index (χ0n) is 13.0. The Hall–Kier alpha value is -2.34. The molecule has 0 aliphatic carbocycles. The summed E-state index contributed by atoms with van der Waals surface area (Å²) in [6, 6.07) is 11.2. The van der Waals surface area contributed by atoms with E-state index in [1.54, 1.807) is 6.07 Å². The van der Waals surface area contributed by atoms with E-state index >= 15 is 0 Å². The van der Waals surface area contributed by atoms with Crippen LogP contribution in [0.25, 0.3) is 0 Å². The van der Waals surface area contributed by atoms with Gasteiger partial charge in [-0.25, -0.2) is 0 Å². The minimum Gasteiger partial charge on any atom is -0.487 e. The molecule has 1 aliphatic heterocycles. The highest BCUT2D eigenvalue weighted by Gasteiger charge is 2.16. The lowest BCUT2D eigenvalue weighted by Crippen LogP contribution is -2.35. The van der Waals surface area contributed by atoms with Crippen molar-refractivity contribution in [2.45, 2.75) is 32.0 Å². The van der Waals surface area contributed by atoms with Crippen LogP contribution in [0.1, 0.15) is 35.4 Å². The summed E-state index contributed by atoms with van der Waals surface area (Å²) in [5, 5.41) is 9.73. The fraction of sp³-hybridized carbons (Fsp3) is 0.412. The lowest BCUT2D eigenvalue weighted by molar-refractivity contribution is 0.0168. The molecule has 1 aromatic carbocycles. The van der Waals surface area contributed by atoms with Gasteiger partial charge in [0.05, 0.1) is 11.8 Å². The monoisotopic (exact) mass is 315 g/mol. The van der Waals surface area contributed by atoms with E-state index in [4.69, 9.17) is 9.47 Å². The Bertz CT molecular complexity index is 621. The number of para-hydroxylation sites is 1. The zero-order chi connectivity index (χ0) is 15.9. The van der Waals surface area contributed by atoms with E-state index in [-0.39, 0.29) is 12.0 Å². The van der Waals surface area contributed by atoms with Gasteiger partial charge in [0.2, 0.25) is 0 Å². The molecule has 0 unspecified atom stereocenters. The van der Waals surface area contributed by atoms with Crippen molar-refractivity contribution in [3.63, 3.8) is 0 Å². The molecule has 0 saturated carbocycles. The molecule has 1 aromatic heterocycles. The molecule has 6 heteroatoms. The molecule has 1 saturated heterocycles. The third-order valence-corrected chi connectivity index (χ3v) is 3.77. The smallest absolute Gasteiger partial charge is 0.271 e. The SMILES string of the molecule is O=C(NC[C@H]1CCCCO1)c1cc(COc2ccccc2)[nH]n1. The second-order valence-electron chi connectivity index (χ2n) is 5.58. The van der Waals surface area contributed by atoms with Crippen molar-refractivity contribution in [2.75, 3.05) is 13.2 Å². The maximum Gasteiger partial charge on any atom is 0.271 e. The third kappa shape index (κ3) is 4.56. The Labute approximate surface area is 135 Å². The fourth-order valence-electron chi connectivity index (χ4n) is 2.50. The summed E-state index contributed by atoms with van der Waals surface area (Å²) in [7, 11) is 0. The number of H-pyrrole nitrogens is 1. The molecular formula is C17H21N3O3. The van der Waals surface area contributed by atoms with E-state index in [1.807, 2.05) is 30.3 Å². The second kappa shape index (κ2) is 7.78. The predicted octanol–water partition coefficient (Wildman–Crippen LogP) is 2.29. The van der Waals surface area contributed by atoms with Crippen LogP contribution >= 0.6 is 0 Å². The normalized spacial score (nSPS) is 17.7. The average molecular weight is 315 g/mol. The maximum absolute atomic E-state index is 12.1. The molecule has 6 nitrogen and oxygen atoms in total. The number of carbonyl (C=O) groups excluding carboxylic acids is 1. The van der Waals surface area contributed by atoms with Gasteiger partial charge in [0.15, 0.2) is 0 Å². The largest absolute Gasteiger partial charge is 0.487 e. The van der Waals surface area contributed by atoms with Crippen molar-refractivity contribution in [2.24, 2.45) is 0 Å². The average Bonchev–Trinajstić information content (AvgIpc) is 3.09. The molecule has 122 valence electrons. The van der Waals surface area contributed by atoms with Crippen LogP contribution in [0.15, 0.2) is 36.4 Å². The summed E-state index contributed by atoms with van der Waals surface area (Å²) in [5.74, 6) is 0.587. The minimum atomic E-state index is -0.193. The molecule has 3 rings (SSSR count). The van der Waals surface area contributed by atoms with Crippen molar-refractivity contribution in [3.8, 4) is 5.75 Å². The summed E-state index contributed by atoms with van der Waals surface area (Å²) < 4.78 is 11.2. The first-order chi connectivity index (χ1) is 11.3. The zero-order valence-corrected chi connectivity index (χ0v) is 13.0. The molecule has 2 N–H and O–H groups in total. The van der Waals surface area contributed by atoms with Gasteiger partial charge in [-0.3, -0.25) is 9.89 Å². The van der Waals surface area contributed by atoms with Crippen molar-refractivity contribution in [1.82, 2.24) is 15.5 Å². The highest BCUT2D eigenvalue weighted by atomic mass is 16.5. The summed E-state index contributed by atoms with van der Waals surface area (Å²) >= 11 is 0. The number of hydrogen-bond donors (Lipinski definition) is 2. The Morgan fingerprint density at radius 2 is 2.22 bits per heavy atom. The number of nitrogens with zero attached hydrogens (tertiary/aromatic N) is 1. The van der Waals surface area contributed by atoms with Crippen molar-refractivity contribution in [1.29, 1.82) is 0 Å². The van der Waals surface area contributed by atoms with Gasteiger partial charge >= 0.3 is 0 Å². The van der Waals surface area contributed by atoms with Crippen molar-refractivity contribution >= 4 is 5.91 Å². The molecule has 1 fully saturated rings. The number of carbonyl (C=O) groups is 1. The number of nitrogens with one attached hydrogen (secondary N) is 2. The molecule has 1 amide bonds. The van der Waals surface area contributed by atoms with E-state index in [9.17, 15) is 4.79 Å². The Balaban J connectivity index is 1.47. The van der Waals surface area contributed by atoms with E-state index in [0.29, 0.717) is 18.8 Å². The topological polar surface area (TPSA) is 76.2 Å². The van der Waals surface area contributed by atoms with Crippen molar-refractivity contribution < 1.29 is 14.3 Å². The fourth-order valence-corrected chi connectivity index (χ4v) is 2.50. The Kier molecular flexibility index (Phi) is 5.26. The van der Waals surface area contributed by atoms with Crippen LogP contribution in [0.5, 0.6) is 5.75 Å². The Morgan fingerprint density at radius 1 is 1.35 bits per heavy atom. The second-order valence-corrected chi connectivity index (χ2v) is 5.58. The molecule has 1 aliphatic rings.